The van der Waals surface area contributed by atoms with Crippen molar-refractivity contribution in [1.29, 1.82) is 0 Å². The molecule has 0 aromatic carbocycles. The van der Waals surface area contributed by atoms with Gasteiger partial charge in [0.15, 0.2) is 0 Å². The van der Waals surface area contributed by atoms with Gasteiger partial charge in [-0.3, -0.25) is 0 Å². The van der Waals surface area contributed by atoms with Gasteiger partial charge in [-0.25, -0.2) is 0 Å². The first-order valence-corrected chi connectivity index (χ1v) is 2.19. The Hall–Kier alpha value is 0.810. The Morgan fingerprint density at radius 2 is 1.14 bits per heavy atom. The summed E-state index contributed by atoms with van der Waals surface area (Å²) >= 11 is 0. The van der Waals surface area contributed by atoms with E-state index in [1.165, 1.54) is 0 Å². The summed E-state index contributed by atoms with van der Waals surface area (Å²) in [5.74, 6) is 0. The zero-order chi connectivity index (χ0) is 4.50. The van der Waals surface area contributed by atoms with E-state index in [9.17, 15) is 0 Å². The smallest absolute Gasteiger partial charge is 0.870 e. The molecule has 0 heterocycles. The zero-order valence-corrected chi connectivity index (χ0v) is 5.21. The molecule has 5 nitrogen and oxygen atoms in total. The fourth-order valence-corrected chi connectivity index (χ4v) is 0. The second-order valence-electron chi connectivity index (χ2n) is 0.447. The second kappa shape index (κ2) is 4.96. The molecule has 0 unspecified atom stereocenters. The number of phosphoric acid groups is 1. The standard InChI is InChI=1S/Ag.H3O4P.H2O/c;1-5(2,3)4;/h;(H3,1,2,3,4);1H2/q+1;;/p-4. The molecular formula is HAgO5P-3. The number of hydrogen-bond donors (Lipinski definition) is 0. The molecular weight excluding hydrogens is 219 g/mol. The molecule has 0 saturated carbocycles. The van der Waals surface area contributed by atoms with E-state index in [0.29, 0.717) is 0 Å². The van der Waals surface area contributed by atoms with Crippen LogP contribution in [0.4, 0.5) is 0 Å². The van der Waals surface area contributed by atoms with E-state index in [4.69, 9.17) is 19.2 Å². The molecule has 0 aliphatic rings. The van der Waals surface area contributed by atoms with Gasteiger partial charge in [0, 0.05) is 0 Å². The summed E-state index contributed by atoms with van der Waals surface area (Å²) in [5.41, 5.74) is 0. The van der Waals surface area contributed by atoms with Gasteiger partial charge in [0.05, 0.1) is 0 Å². The number of hydrogen-bond acceptors (Lipinski definition) is 5. The van der Waals surface area contributed by atoms with Gasteiger partial charge in [0.1, 0.15) is 0 Å². The van der Waals surface area contributed by atoms with Crippen molar-refractivity contribution in [2.24, 2.45) is 0 Å². The van der Waals surface area contributed by atoms with E-state index < -0.39 is 7.82 Å². The normalized spacial score (nSPS) is 8.43. The number of rotatable bonds is 0. The predicted octanol–water partition coefficient (Wildman–Crippen LogP) is -3.00. The molecule has 0 saturated heterocycles. The van der Waals surface area contributed by atoms with E-state index in [1.807, 2.05) is 0 Å². The predicted molar refractivity (Wildman–Crippen MR) is 9.54 cm³/mol. The zero-order valence-electron chi connectivity index (χ0n) is 2.83. The van der Waals surface area contributed by atoms with Crippen LogP contribution in [0.15, 0.2) is 0 Å². The average molecular weight is 220 g/mol. The molecule has 7 heavy (non-hydrogen) atoms. The van der Waals surface area contributed by atoms with Gasteiger partial charge >= 0.3 is 22.4 Å². The van der Waals surface area contributed by atoms with Crippen molar-refractivity contribution in [2.75, 3.05) is 0 Å². The van der Waals surface area contributed by atoms with E-state index in [1.54, 1.807) is 0 Å². The largest absolute Gasteiger partial charge is 1.00 e. The Morgan fingerprint density at radius 1 is 1.14 bits per heavy atom. The van der Waals surface area contributed by atoms with Gasteiger partial charge in [0.2, 0.25) is 0 Å². The van der Waals surface area contributed by atoms with Crippen molar-refractivity contribution in [3.05, 3.63) is 0 Å². The quantitative estimate of drug-likeness (QED) is 0.318. The van der Waals surface area contributed by atoms with E-state index >= 15 is 0 Å². The Labute approximate surface area is 55.4 Å². The average Bonchev–Trinajstić information content (AvgIpc) is 0.722. The fraction of sp³-hybridized carbons (Fsp3) is 0. The molecule has 0 aromatic rings. The maximum atomic E-state index is 8.55. The third-order valence-electron chi connectivity index (χ3n) is 0. The molecule has 0 amide bonds. The minimum absolute atomic E-state index is 0. The Kier molecular flexibility index (Phi) is 11.1. The van der Waals surface area contributed by atoms with Crippen molar-refractivity contribution >= 4 is 7.82 Å². The van der Waals surface area contributed by atoms with E-state index in [0.717, 1.165) is 0 Å². The fourth-order valence-electron chi connectivity index (χ4n) is 0. The third kappa shape index (κ3) is 240. The van der Waals surface area contributed by atoms with Gasteiger partial charge in [-0.15, -0.1) is 0 Å². The SMILES string of the molecule is O=P([O-])([O-])[O-].[Ag+].[OH-]. The summed E-state index contributed by atoms with van der Waals surface area (Å²) in [7, 11) is -5.39. The molecule has 0 rings (SSSR count). The van der Waals surface area contributed by atoms with Gasteiger partial charge < -0.3 is 24.7 Å². The Balaban J connectivity index is -0.0000000800. The molecule has 0 aliphatic heterocycles. The molecule has 0 fully saturated rings. The van der Waals surface area contributed by atoms with Gasteiger partial charge in [-0.05, 0) is 0 Å². The van der Waals surface area contributed by atoms with E-state index in [-0.39, 0.29) is 27.9 Å². The molecule has 0 spiro atoms. The van der Waals surface area contributed by atoms with Gasteiger partial charge in [0.25, 0.3) is 0 Å². The molecule has 0 aliphatic carbocycles. The molecule has 0 bridgehead atoms. The van der Waals surface area contributed by atoms with Crippen LogP contribution in [0, 0.1) is 0 Å². The first kappa shape index (κ1) is 15.7. The molecule has 0 aromatic heterocycles. The van der Waals surface area contributed by atoms with Gasteiger partial charge in [-0.2, -0.15) is 7.82 Å². The van der Waals surface area contributed by atoms with Crippen LogP contribution < -0.4 is 14.7 Å². The van der Waals surface area contributed by atoms with Crippen LogP contribution in [-0.2, 0) is 26.9 Å². The minimum Gasteiger partial charge on any atom is -0.870 e. The molecule has 7 heteroatoms. The van der Waals surface area contributed by atoms with Crippen molar-refractivity contribution < 1.29 is 47.1 Å². The summed E-state index contributed by atoms with van der Waals surface area (Å²) in [4.78, 5) is 25.6. The van der Waals surface area contributed by atoms with Crippen molar-refractivity contribution in [3.63, 3.8) is 0 Å². The minimum atomic E-state index is -5.39. The summed E-state index contributed by atoms with van der Waals surface area (Å²) in [6.07, 6.45) is 0. The molecule has 50 valence electrons. The monoisotopic (exact) mass is 219 g/mol. The summed E-state index contributed by atoms with van der Waals surface area (Å²) < 4.78 is 8.55. The van der Waals surface area contributed by atoms with Crippen molar-refractivity contribution in [1.82, 2.24) is 0 Å². The molecule has 0 atom stereocenters. The van der Waals surface area contributed by atoms with Crippen molar-refractivity contribution in [3.8, 4) is 0 Å². The third-order valence-corrected chi connectivity index (χ3v) is 0. The van der Waals surface area contributed by atoms with Gasteiger partial charge in [-0.1, -0.05) is 0 Å². The second-order valence-corrected chi connectivity index (χ2v) is 1.34. The van der Waals surface area contributed by atoms with Crippen molar-refractivity contribution in [2.45, 2.75) is 0 Å². The maximum absolute atomic E-state index is 8.55. The first-order valence-electron chi connectivity index (χ1n) is 0.730. The van der Waals surface area contributed by atoms with Crippen LogP contribution >= 0.6 is 7.82 Å². The van der Waals surface area contributed by atoms with Crippen LogP contribution in [0.3, 0.4) is 0 Å². The summed E-state index contributed by atoms with van der Waals surface area (Å²) in [6.45, 7) is 0. The Bertz CT molecular complexity index is 54.2. The van der Waals surface area contributed by atoms with E-state index in [2.05, 4.69) is 0 Å². The summed E-state index contributed by atoms with van der Waals surface area (Å²) in [5, 5.41) is 0. The first-order chi connectivity index (χ1) is 2.00. The van der Waals surface area contributed by atoms with Crippen LogP contribution in [0.1, 0.15) is 0 Å². The molecule has 1 N–H and O–H groups in total. The van der Waals surface area contributed by atoms with Crippen LogP contribution in [0.5, 0.6) is 0 Å². The Morgan fingerprint density at radius 3 is 1.14 bits per heavy atom. The summed E-state index contributed by atoms with van der Waals surface area (Å²) in [6, 6.07) is 0. The van der Waals surface area contributed by atoms with Crippen LogP contribution in [0.2, 0.25) is 0 Å². The molecule has 0 radical (unpaired) electrons. The van der Waals surface area contributed by atoms with Crippen LogP contribution in [0.25, 0.3) is 0 Å². The topological polar surface area (TPSA) is 116 Å². The maximum Gasteiger partial charge on any atom is 1.00 e. The van der Waals surface area contributed by atoms with Crippen LogP contribution in [-0.4, -0.2) is 5.48 Å².